The van der Waals surface area contributed by atoms with E-state index in [-0.39, 0.29) is 0 Å². The van der Waals surface area contributed by atoms with E-state index in [1.165, 1.54) is 24.8 Å². The SMILES string of the molecule is Nc1ccc(CCC(=O)C2CCCCC2)cc1. The van der Waals surface area contributed by atoms with Gasteiger partial charge in [-0.1, -0.05) is 31.4 Å². The van der Waals surface area contributed by atoms with Crippen LogP contribution in [0.5, 0.6) is 0 Å². The molecule has 0 heterocycles. The van der Waals surface area contributed by atoms with E-state index in [9.17, 15) is 4.79 Å². The molecule has 0 saturated heterocycles. The smallest absolute Gasteiger partial charge is 0.136 e. The summed E-state index contributed by atoms with van der Waals surface area (Å²) in [5.41, 5.74) is 7.63. The number of nitrogen functional groups attached to an aromatic ring is 1. The summed E-state index contributed by atoms with van der Waals surface area (Å²) in [4.78, 5) is 12.0. The van der Waals surface area contributed by atoms with Crippen LogP contribution in [0.1, 0.15) is 44.1 Å². The fraction of sp³-hybridized carbons (Fsp3) is 0.533. The third-order valence-electron chi connectivity index (χ3n) is 3.70. The van der Waals surface area contributed by atoms with Crippen LogP contribution in [0.2, 0.25) is 0 Å². The van der Waals surface area contributed by atoms with Gasteiger partial charge in [0.05, 0.1) is 0 Å². The quantitative estimate of drug-likeness (QED) is 0.807. The lowest BCUT2D eigenvalue weighted by Gasteiger charge is -2.20. The van der Waals surface area contributed by atoms with E-state index in [0.29, 0.717) is 18.1 Å². The molecule has 17 heavy (non-hydrogen) atoms. The minimum Gasteiger partial charge on any atom is -0.399 e. The molecule has 0 spiro atoms. The van der Waals surface area contributed by atoms with Crippen LogP contribution in [-0.2, 0) is 11.2 Å². The first-order valence-electron chi connectivity index (χ1n) is 6.63. The van der Waals surface area contributed by atoms with E-state index in [2.05, 4.69) is 0 Å². The van der Waals surface area contributed by atoms with Gasteiger partial charge in [-0.15, -0.1) is 0 Å². The van der Waals surface area contributed by atoms with Gasteiger partial charge in [-0.05, 0) is 37.0 Å². The molecule has 2 rings (SSSR count). The van der Waals surface area contributed by atoms with Gasteiger partial charge in [0.25, 0.3) is 0 Å². The summed E-state index contributed by atoms with van der Waals surface area (Å²) in [5, 5.41) is 0. The zero-order valence-corrected chi connectivity index (χ0v) is 10.3. The molecule has 0 aromatic heterocycles. The Morgan fingerprint density at radius 1 is 1.12 bits per heavy atom. The molecule has 1 aromatic carbocycles. The van der Waals surface area contributed by atoms with Crippen LogP contribution < -0.4 is 5.73 Å². The number of benzene rings is 1. The summed E-state index contributed by atoms with van der Waals surface area (Å²) in [7, 11) is 0. The van der Waals surface area contributed by atoms with Crippen molar-refractivity contribution < 1.29 is 4.79 Å². The van der Waals surface area contributed by atoms with Crippen LogP contribution in [0.3, 0.4) is 0 Å². The maximum atomic E-state index is 12.0. The molecular formula is C15H21NO. The average Bonchev–Trinajstić information content (AvgIpc) is 2.39. The van der Waals surface area contributed by atoms with Gasteiger partial charge in [-0.3, -0.25) is 4.79 Å². The fourth-order valence-corrected chi connectivity index (χ4v) is 2.58. The Bertz CT molecular complexity index is 363. The van der Waals surface area contributed by atoms with Crippen molar-refractivity contribution in [1.82, 2.24) is 0 Å². The highest BCUT2D eigenvalue weighted by Gasteiger charge is 2.20. The largest absolute Gasteiger partial charge is 0.399 e. The molecule has 0 atom stereocenters. The number of anilines is 1. The maximum Gasteiger partial charge on any atom is 0.136 e. The molecule has 0 unspecified atom stereocenters. The maximum absolute atomic E-state index is 12.0. The van der Waals surface area contributed by atoms with Crippen LogP contribution in [-0.4, -0.2) is 5.78 Å². The van der Waals surface area contributed by atoms with Gasteiger partial charge in [-0.2, -0.15) is 0 Å². The molecule has 0 bridgehead atoms. The normalized spacial score (nSPS) is 16.9. The van der Waals surface area contributed by atoms with Crippen LogP contribution in [0, 0.1) is 5.92 Å². The molecule has 0 radical (unpaired) electrons. The molecule has 1 saturated carbocycles. The Labute approximate surface area is 103 Å². The number of aryl methyl sites for hydroxylation is 1. The Morgan fingerprint density at radius 3 is 2.41 bits per heavy atom. The lowest BCUT2D eigenvalue weighted by atomic mass is 9.84. The molecule has 1 fully saturated rings. The topological polar surface area (TPSA) is 43.1 Å². The average molecular weight is 231 g/mol. The summed E-state index contributed by atoms with van der Waals surface area (Å²) >= 11 is 0. The van der Waals surface area contributed by atoms with Crippen LogP contribution in [0.4, 0.5) is 5.69 Å². The highest BCUT2D eigenvalue weighted by Crippen LogP contribution is 2.25. The molecule has 2 heteroatoms. The summed E-state index contributed by atoms with van der Waals surface area (Å²) in [5.74, 6) is 0.805. The highest BCUT2D eigenvalue weighted by molar-refractivity contribution is 5.81. The molecule has 0 amide bonds. The third kappa shape index (κ3) is 3.58. The molecule has 1 aromatic rings. The number of ketones is 1. The monoisotopic (exact) mass is 231 g/mol. The minimum atomic E-state index is 0.345. The minimum absolute atomic E-state index is 0.345. The second-order valence-electron chi connectivity index (χ2n) is 5.04. The van der Waals surface area contributed by atoms with Crippen molar-refractivity contribution in [2.24, 2.45) is 5.92 Å². The number of hydrogen-bond acceptors (Lipinski definition) is 2. The Balaban J connectivity index is 1.81. The molecule has 1 aliphatic carbocycles. The number of nitrogens with two attached hydrogens (primary N) is 1. The Hall–Kier alpha value is -1.31. The predicted molar refractivity (Wildman–Crippen MR) is 70.8 cm³/mol. The standard InChI is InChI=1S/C15H21NO/c16-14-9-6-12(7-10-14)8-11-15(17)13-4-2-1-3-5-13/h6-7,9-10,13H,1-5,8,11,16H2. The van der Waals surface area contributed by atoms with Crippen LogP contribution >= 0.6 is 0 Å². The number of carbonyl (C=O) groups is 1. The molecule has 2 nitrogen and oxygen atoms in total. The van der Waals surface area contributed by atoms with E-state index in [1.54, 1.807) is 0 Å². The summed E-state index contributed by atoms with van der Waals surface area (Å²) in [6, 6.07) is 7.84. The van der Waals surface area contributed by atoms with Crippen LogP contribution in [0.15, 0.2) is 24.3 Å². The van der Waals surface area contributed by atoms with Crippen molar-refractivity contribution in [1.29, 1.82) is 0 Å². The molecule has 1 aliphatic rings. The molecule has 92 valence electrons. The summed E-state index contributed by atoms with van der Waals surface area (Å²) in [6.45, 7) is 0. The Morgan fingerprint density at radius 2 is 1.76 bits per heavy atom. The second kappa shape index (κ2) is 5.85. The lowest BCUT2D eigenvalue weighted by Crippen LogP contribution is -2.18. The van der Waals surface area contributed by atoms with Crippen molar-refractivity contribution in [3.05, 3.63) is 29.8 Å². The number of hydrogen-bond donors (Lipinski definition) is 1. The zero-order valence-electron chi connectivity index (χ0n) is 10.3. The van der Waals surface area contributed by atoms with Crippen molar-refractivity contribution in [3.8, 4) is 0 Å². The number of carbonyl (C=O) groups excluding carboxylic acids is 1. The fourth-order valence-electron chi connectivity index (χ4n) is 2.58. The zero-order chi connectivity index (χ0) is 12.1. The first-order valence-corrected chi connectivity index (χ1v) is 6.63. The number of rotatable bonds is 4. The van der Waals surface area contributed by atoms with Gasteiger partial charge in [0.15, 0.2) is 0 Å². The predicted octanol–water partition coefficient (Wildman–Crippen LogP) is 3.35. The van der Waals surface area contributed by atoms with E-state index in [0.717, 1.165) is 24.9 Å². The van der Waals surface area contributed by atoms with Gasteiger partial charge < -0.3 is 5.73 Å². The number of Topliss-reactive ketones (excluding diaryl/α,β-unsaturated/α-hetero) is 1. The van der Waals surface area contributed by atoms with Crippen molar-refractivity contribution in [2.45, 2.75) is 44.9 Å². The third-order valence-corrected chi connectivity index (χ3v) is 3.70. The first kappa shape index (κ1) is 12.2. The van der Waals surface area contributed by atoms with Crippen molar-refractivity contribution in [3.63, 3.8) is 0 Å². The lowest BCUT2D eigenvalue weighted by molar-refractivity contribution is -0.123. The molecular weight excluding hydrogens is 210 g/mol. The van der Waals surface area contributed by atoms with Gasteiger partial charge in [-0.25, -0.2) is 0 Å². The van der Waals surface area contributed by atoms with E-state index < -0.39 is 0 Å². The van der Waals surface area contributed by atoms with E-state index in [4.69, 9.17) is 5.73 Å². The second-order valence-corrected chi connectivity index (χ2v) is 5.04. The van der Waals surface area contributed by atoms with Crippen molar-refractivity contribution in [2.75, 3.05) is 5.73 Å². The van der Waals surface area contributed by atoms with Gasteiger partial charge in [0, 0.05) is 18.0 Å². The van der Waals surface area contributed by atoms with Crippen LogP contribution in [0.25, 0.3) is 0 Å². The van der Waals surface area contributed by atoms with Gasteiger partial charge >= 0.3 is 0 Å². The van der Waals surface area contributed by atoms with E-state index in [1.807, 2.05) is 24.3 Å². The van der Waals surface area contributed by atoms with Crippen molar-refractivity contribution >= 4 is 11.5 Å². The Kier molecular flexibility index (Phi) is 4.18. The molecule has 0 aliphatic heterocycles. The highest BCUT2D eigenvalue weighted by atomic mass is 16.1. The molecule has 2 N–H and O–H groups in total. The van der Waals surface area contributed by atoms with Gasteiger partial charge in [0.1, 0.15) is 5.78 Å². The van der Waals surface area contributed by atoms with Gasteiger partial charge in [0.2, 0.25) is 0 Å². The summed E-state index contributed by atoms with van der Waals surface area (Å²) < 4.78 is 0. The van der Waals surface area contributed by atoms with E-state index >= 15 is 0 Å². The first-order chi connectivity index (χ1) is 8.25. The summed E-state index contributed by atoms with van der Waals surface area (Å²) in [6.07, 6.45) is 7.55.